The highest BCUT2D eigenvalue weighted by Crippen LogP contribution is 2.30. The molecule has 0 bridgehead atoms. The molecule has 2 N–H and O–H groups in total. The van der Waals surface area contributed by atoms with Gasteiger partial charge in [-0.05, 0) is 38.0 Å². The number of carbonyl (C=O) groups is 3. The quantitative estimate of drug-likeness (QED) is 0.757. The summed E-state index contributed by atoms with van der Waals surface area (Å²) in [5.74, 6) is -1.00. The average Bonchev–Trinajstić information content (AvgIpc) is 3.09. The number of carboxylic acid groups (broad SMARTS) is 1. The standard InChI is InChI=1S/C17H22N2O6/c1-3-24-14-9-11(6-7-13(14)25-10-15(20)21)17(23)19-8-4-5-12(19)16(22)18-2/h6-7,9,12H,3-5,8,10H2,1-2H3,(H,18,22)(H,20,21). The van der Waals surface area contributed by atoms with Gasteiger partial charge in [-0.25, -0.2) is 4.79 Å². The summed E-state index contributed by atoms with van der Waals surface area (Å²) in [5, 5.41) is 11.3. The molecule has 0 radical (unpaired) electrons. The molecule has 136 valence electrons. The van der Waals surface area contributed by atoms with Crippen molar-refractivity contribution in [3.8, 4) is 11.5 Å². The SMILES string of the molecule is CCOc1cc(C(=O)N2CCCC2C(=O)NC)ccc1OCC(=O)O. The van der Waals surface area contributed by atoms with E-state index in [4.69, 9.17) is 14.6 Å². The number of hydrogen-bond donors (Lipinski definition) is 2. The first-order valence-corrected chi connectivity index (χ1v) is 8.12. The highest BCUT2D eigenvalue weighted by atomic mass is 16.5. The third kappa shape index (κ3) is 4.40. The zero-order valence-corrected chi connectivity index (χ0v) is 14.3. The van der Waals surface area contributed by atoms with Gasteiger partial charge in [0.15, 0.2) is 18.1 Å². The maximum Gasteiger partial charge on any atom is 0.341 e. The van der Waals surface area contributed by atoms with Crippen LogP contribution in [0.3, 0.4) is 0 Å². The van der Waals surface area contributed by atoms with Crippen LogP contribution in [0.4, 0.5) is 0 Å². The summed E-state index contributed by atoms with van der Waals surface area (Å²) in [7, 11) is 1.55. The molecule has 1 unspecified atom stereocenters. The van der Waals surface area contributed by atoms with Gasteiger partial charge in [0, 0.05) is 19.2 Å². The molecule has 0 aliphatic carbocycles. The van der Waals surface area contributed by atoms with Gasteiger partial charge < -0.3 is 24.8 Å². The Balaban J connectivity index is 2.23. The minimum atomic E-state index is -1.10. The van der Waals surface area contributed by atoms with E-state index in [1.54, 1.807) is 24.9 Å². The minimum absolute atomic E-state index is 0.183. The summed E-state index contributed by atoms with van der Waals surface area (Å²) >= 11 is 0. The molecule has 8 heteroatoms. The predicted molar refractivity (Wildman–Crippen MR) is 88.9 cm³/mol. The number of nitrogens with zero attached hydrogens (tertiary/aromatic N) is 1. The fourth-order valence-electron chi connectivity index (χ4n) is 2.78. The van der Waals surface area contributed by atoms with Crippen molar-refractivity contribution in [3.63, 3.8) is 0 Å². The van der Waals surface area contributed by atoms with Crippen molar-refractivity contribution in [1.82, 2.24) is 10.2 Å². The van der Waals surface area contributed by atoms with E-state index in [1.807, 2.05) is 0 Å². The summed E-state index contributed by atoms with van der Waals surface area (Å²) in [6, 6.07) is 4.09. The summed E-state index contributed by atoms with van der Waals surface area (Å²) in [6.45, 7) is 2.12. The Morgan fingerprint density at radius 1 is 1.28 bits per heavy atom. The molecule has 2 amide bonds. The van der Waals surface area contributed by atoms with Crippen LogP contribution in [0.15, 0.2) is 18.2 Å². The van der Waals surface area contributed by atoms with Crippen LogP contribution in [0.5, 0.6) is 11.5 Å². The summed E-state index contributed by atoms with van der Waals surface area (Å²) in [5.41, 5.74) is 0.363. The van der Waals surface area contributed by atoms with Crippen molar-refractivity contribution in [2.45, 2.75) is 25.8 Å². The van der Waals surface area contributed by atoms with Crippen LogP contribution in [0.1, 0.15) is 30.1 Å². The third-order valence-electron chi connectivity index (χ3n) is 3.90. The Morgan fingerprint density at radius 2 is 2.04 bits per heavy atom. The van der Waals surface area contributed by atoms with Crippen molar-refractivity contribution in [2.24, 2.45) is 0 Å². The van der Waals surface area contributed by atoms with Crippen molar-refractivity contribution < 1.29 is 29.0 Å². The number of rotatable bonds is 7. The number of hydrogen-bond acceptors (Lipinski definition) is 5. The van der Waals surface area contributed by atoms with Crippen molar-refractivity contribution >= 4 is 17.8 Å². The number of benzene rings is 1. The molecule has 1 saturated heterocycles. The van der Waals surface area contributed by atoms with Gasteiger partial charge in [-0.2, -0.15) is 0 Å². The highest BCUT2D eigenvalue weighted by molar-refractivity contribution is 5.98. The molecule has 1 aromatic carbocycles. The maximum absolute atomic E-state index is 12.8. The van der Waals surface area contributed by atoms with Crippen LogP contribution in [0.25, 0.3) is 0 Å². The van der Waals surface area contributed by atoms with E-state index in [0.29, 0.717) is 30.9 Å². The lowest BCUT2D eigenvalue weighted by molar-refractivity contribution is -0.139. The second-order valence-corrected chi connectivity index (χ2v) is 5.55. The fraction of sp³-hybridized carbons (Fsp3) is 0.471. The van der Waals surface area contributed by atoms with Crippen LogP contribution in [-0.4, -0.2) is 60.6 Å². The fourth-order valence-corrected chi connectivity index (χ4v) is 2.78. The third-order valence-corrected chi connectivity index (χ3v) is 3.90. The lowest BCUT2D eigenvalue weighted by Gasteiger charge is -2.23. The number of likely N-dealkylation sites (N-methyl/N-ethyl adjacent to an activating group) is 1. The van der Waals surface area contributed by atoms with Gasteiger partial charge in [-0.3, -0.25) is 9.59 Å². The first-order chi connectivity index (χ1) is 12.0. The molecule has 1 atom stereocenters. The lowest BCUT2D eigenvalue weighted by Crippen LogP contribution is -2.44. The van der Waals surface area contributed by atoms with E-state index in [2.05, 4.69) is 5.32 Å². The number of likely N-dealkylation sites (tertiary alicyclic amines) is 1. The number of carbonyl (C=O) groups excluding carboxylic acids is 2. The second-order valence-electron chi connectivity index (χ2n) is 5.55. The number of nitrogens with one attached hydrogen (secondary N) is 1. The lowest BCUT2D eigenvalue weighted by atomic mass is 10.1. The van der Waals surface area contributed by atoms with Gasteiger partial charge in [0.1, 0.15) is 6.04 Å². The molecule has 8 nitrogen and oxygen atoms in total. The van der Waals surface area contributed by atoms with Gasteiger partial charge in [-0.15, -0.1) is 0 Å². The van der Waals surface area contributed by atoms with Gasteiger partial charge in [-0.1, -0.05) is 0 Å². The molecule has 1 heterocycles. The van der Waals surface area contributed by atoms with E-state index in [0.717, 1.165) is 6.42 Å². The van der Waals surface area contributed by atoms with Gasteiger partial charge >= 0.3 is 5.97 Å². The molecule has 1 aliphatic heterocycles. The Labute approximate surface area is 145 Å². The van der Waals surface area contributed by atoms with Crippen LogP contribution in [-0.2, 0) is 9.59 Å². The van der Waals surface area contributed by atoms with Crippen LogP contribution in [0, 0.1) is 0 Å². The molecular weight excluding hydrogens is 328 g/mol. The average molecular weight is 350 g/mol. The van der Waals surface area contributed by atoms with Crippen molar-refractivity contribution in [1.29, 1.82) is 0 Å². The van der Waals surface area contributed by atoms with Crippen molar-refractivity contribution in [3.05, 3.63) is 23.8 Å². The summed E-state index contributed by atoms with van der Waals surface area (Å²) < 4.78 is 10.6. The molecule has 0 saturated carbocycles. The molecule has 25 heavy (non-hydrogen) atoms. The van der Waals surface area contributed by atoms with Crippen LogP contribution < -0.4 is 14.8 Å². The van der Waals surface area contributed by atoms with E-state index in [1.165, 1.54) is 12.1 Å². The van der Waals surface area contributed by atoms with E-state index in [-0.39, 0.29) is 17.6 Å². The molecule has 0 spiro atoms. The normalized spacial score (nSPS) is 16.4. The first-order valence-electron chi connectivity index (χ1n) is 8.12. The van der Waals surface area contributed by atoms with E-state index in [9.17, 15) is 14.4 Å². The number of amides is 2. The smallest absolute Gasteiger partial charge is 0.341 e. The number of ether oxygens (including phenoxy) is 2. The van der Waals surface area contributed by atoms with Crippen LogP contribution >= 0.6 is 0 Å². The molecule has 1 aliphatic rings. The van der Waals surface area contributed by atoms with Crippen molar-refractivity contribution in [2.75, 3.05) is 26.8 Å². The number of carboxylic acids is 1. The topological polar surface area (TPSA) is 105 Å². The summed E-state index contributed by atoms with van der Waals surface area (Å²) in [6.07, 6.45) is 1.39. The van der Waals surface area contributed by atoms with Crippen LogP contribution in [0.2, 0.25) is 0 Å². The Kier molecular flexibility index (Phi) is 6.21. The highest BCUT2D eigenvalue weighted by Gasteiger charge is 2.34. The monoisotopic (exact) mass is 350 g/mol. The number of aliphatic carboxylic acids is 1. The first kappa shape index (κ1) is 18.6. The largest absolute Gasteiger partial charge is 0.490 e. The molecule has 0 aromatic heterocycles. The predicted octanol–water partition coefficient (Wildman–Crippen LogP) is 0.899. The summed E-state index contributed by atoms with van der Waals surface area (Å²) in [4.78, 5) is 36.9. The molecule has 2 rings (SSSR count). The zero-order chi connectivity index (χ0) is 18.4. The van der Waals surface area contributed by atoms with Gasteiger partial charge in [0.05, 0.1) is 6.61 Å². The molecule has 1 fully saturated rings. The van der Waals surface area contributed by atoms with Gasteiger partial charge in [0.2, 0.25) is 5.91 Å². The van der Waals surface area contributed by atoms with E-state index < -0.39 is 18.6 Å². The second kappa shape index (κ2) is 8.36. The Morgan fingerprint density at radius 3 is 2.68 bits per heavy atom. The van der Waals surface area contributed by atoms with E-state index >= 15 is 0 Å². The Hall–Kier alpha value is -2.77. The maximum atomic E-state index is 12.8. The van der Waals surface area contributed by atoms with Gasteiger partial charge in [0.25, 0.3) is 5.91 Å². The molecule has 1 aromatic rings. The Bertz CT molecular complexity index is 661. The zero-order valence-electron chi connectivity index (χ0n) is 14.3. The minimum Gasteiger partial charge on any atom is -0.490 e. The molecular formula is C17H22N2O6.